The quantitative estimate of drug-likeness (QED) is 0.733. The maximum absolute atomic E-state index is 5.07. The first-order valence-corrected chi connectivity index (χ1v) is 7.52. The van der Waals surface area contributed by atoms with Crippen molar-refractivity contribution in [3.05, 3.63) is 36.0 Å². The van der Waals surface area contributed by atoms with Gasteiger partial charge in [0.1, 0.15) is 5.82 Å². The molecule has 0 fully saturated rings. The van der Waals surface area contributed by atoms with E-state index in [2.05, 4.69) is 53.7 Å². The van der Waals surface area contributed by atoms with Gasteiger partial charge in [0.15, 0.2) is 0 Å². The lowest BCUT2D eigenvalue weighted by Crippen LogP contribution is -2.19. The highest BCUT2D eigenvalue weighted by Gasteiger charge is 2.07. The van der Waals surface area contributed by atoms with Crippen LogP contribution >= 0.6 is 0 Å². The first-order valence-electron chi connectivity index (χ1n) is 7.52. The van der Waals surface area contributed by atoms with Crippen LogP contribution in [0.2, 0.25) is 0 Å². The fourth-order valence-corrected chi connectivity index (χ4v) is 2.30. The summed E-state index contributed by atoms with van der Waals surface area (Å²) in [6.07, 6.45) is 1.96. The minimum absolute atomic E-state index is 0.652. The van der Waals surface area contributed by atoms with E-state index in [4.69, 9.17) is 4.74 Å². The predicted octanol–water partition coefficient (Wildman–Crippen LogP) is 3.04. The molecule has 114 valence electrons. The number of rotatable bonds is 8. The van der Waals surface area contributed by atoms with Crippen LogP contribution in [0.4, 0.5) is 5.82 Å². The maximum atomic E-state index is 5.07. The van der Waals surface area contributed by atoms with Gasteiger partial charge in [-0.1, -0.05) is 38.1 Å². The van der Waals surface area contributed by atoms with Crippen molar-refractivity contribution in [2.75, 3.05) is 32.1 Å². The molecule has 0 radical (unpaired) electrons. The molecule has 21 heavy (non-hydrogen) atoms. The van der Waals surface area contributed by atoms with Crippen molar-refractivity contribution in [1.82, 2.24) is 10.3 Å². The summed E-state index contributed by atoms with van der Waals surface area (Å²) in [6, 6.07) is 8.40. The largest absolute Gasteiger partial charge is 0.383 e. The second-order valence-corrected chi connectivity index (χ2v) is 5.62. The van der Waals surface area contributed by atoms with Gasteiger partial charge >= 0.3 is 0 Å². The molecule has 1 heterocycles. The summed E-state index contributed by atoms with van der Waals surface area (Å²) in [5.41, 5.74) is 1.24. The Morgan fingerprint density at radius 1 is 1.19 bits per heavy atom. The van der Waals surface area contributed by atoms with Gasteiger partial charge in [0.25, 0.3) is 0 Å². The Morgan fingerprint density at radius 3 is 2.67 bits per heavy atom. The Balaban J connectivity index is 2.18. The molecule has 2 N–H and O–H groups in total. The Kier molecular flexibility index (Phi) is 5.96. The summed E-state index contributed by atoms with van der Waals surface area (Å²) in [7, 11) is 1.71. The molecule has 0 atom stereocenters. The lowest BCUT2D eigenvalue weighted by Gasteiger charge is -2.13. The summed E-state index contributed by atoms with van der Waals surface area (Å²) < 4.78 is 5.07. The van der Waals surface area contributed by atoms with Crippen molar-refractivity contribution in [3.8, 4) is 0 Å². The third-order valence-electron chi connectivity index (χ3n) is 3.34. The summed E-state index contributed by atoms with van der Waals surface area (Å²) >= 11 is 0. The third kappa shape index (κ3) is 4.41. The Bertz CT molecular complexity index is 569. The SMILES string of the molecule is COCCNc1ncc(CNCC(C)C)c2ccccc12. The van der Waals surface area contributed by atoms with Gasteiger partial charge in [-0.15, -0.1) is 0 Å². The monoisotopic (exact) mass is 287 g/mol. The maximum Gasteiger partial charge on any atom is 0.133 e. The van der Waals surface area contributed by atoms with Crippen LogP contribution in [0.1, 0.15) is 19.4 Å². The zero-order valence-corrected chi connectivity index (χ0v) is 13.1. The molecule has 2 rings (SSSR count). The van der Waals surface area contributed by atoms with Crippen LogP contribution in [0.15, 0.2) is 30.5 Å². The minimum Gasteiger partial charge on any atom is -0.383 e. The van der Waals surface area contributed by atoms with Gasteiger partial charge in [0.2, 0.25) is 0 Å². The van der Waals surface area contributed by atoms with Gasteiger partial charge in [-0.05, 0) is 23.4 Å². The predicted molar refractivity (Wildman–Crippen MR) is 88.7 cm³/mol. The molecule has 4 heteroatoms. The number of pyridine rings is 1. The summed E-state index contributed by atoms with van der Waals surface area (Å²) in [6.45, 7) is 7.73. The zero-order chi connectivity index (χ0) is 15.1. The van der Waals surface area contributed by atoms with Gasteiger partial charge in [-0.25, -0.2) is 4.98 Å². The van der Waals surface area contributed by atoms with E-state index >= 15 is 0 Å². The van der Waals surface area contributed by atoms with Gasteiger partial charge < -0.3 is 15.4 Å². The van der Waals surface area contributed by atoms with E-state index in [1.54, 1.807) is 7.11 Å². The Labute approximate surface area is 126 Å². The molecular weight excluding hydrogens is 262 g/mol. The molecule has 2 aromatic rings. The molecule has 0 aliphatic carbocycles. The van der Waals surface area contributed by atoms with Crippen LogP contribution in [-0.2, 0) is 11.3 Å². The molecule has 0 saturated carbocycles. The number of ether oxygens (including phenoxy) is 1. The smallest absolute Gasteiger partial charge is 0.133 e. The third-order valence-corrected chi connectivity index (χ3v) is 3.34. The summed E-state index contributed by atoms with van der Waals surface area (Å²) in [5, 5.41) is 9.24. The highest BCUT2D eigenvalue weighted by Crippen LogP contribution is 2.24. The van der Waals surface area contributed by atoms with Gasteiger partial charge in [-0.3, -0.25) is 0 Å². The normalized spacial score (nSPS) is 11.2. The van der Waals surface area contributed by atoms with E-state index in [1.165, 1.54) is 10.9 Å². The molecule has 0 saturated heterocycles. The number of aromatic nitrogens is 1. The van der Waals surface area contributed by atoms with Crippen molar-refractivity contribution in [3.63, 3.8) is 0 Å². The van der Waals surface area contributed by atoms with Crippen LogP contribution in [0, 0.1) is 5.92 Å². The average Bonchev–Trinajstić information content (AvgIpc) is 2.49. The lowest BCUT2D eigenvalue weighted by molar-refractivity contribution is 0.210. The number of anilines is 1. The number of nitrogens with zero attached hydrogens (tertiary/aromatic N) is 1. The van der Waals surface area contributed by atoms with Crippen molar-refractivity contribution in [1.29, 1.82) is 0 Å². The van der Waals surface area contributed by atoms with Gasteiger partial charge in [0.05, 0.1) is 6.61 Å². The summed E-state index contributed by atoms with van der Waals surface area (Å²) in [4.78, 5) is 4.57. The first-order chi connectivity index (χ1) is 10.2. The number of hydrogen-bond acceptors (Lipinski definition) is 4. The van der Waals surface area contributed by atoms with E-state index in [0.717, 1.165) is 30.8 Å². The molecule has 4 nitrogen and oxygen atoms in total. The van der Waals surface area contributed by atoms with Crippen LogP contribution < -0.4 is 10.6 Å². The average molecular weight is 287 g/mol. The van der Waals surface area contributed by atoms with Crippen molar-refractivity contribution < 1.29 is 4.74 Å². The van der Waals surface area contributed by atoms with Crippen molar-refractivity contribution >= 4 is 16.6 Å². The molecule has 0 bridgehead atoms. The zero-order valence-electron chi connectivity index (χ0n) is 13.1. The van der Waals surface area contributed by atoms with E-state index in [9.17, 15) is 0 Å². The van der Waals surface area contributed by atoms with E-state index in [0.29, 0.717) is 12.5 Å². The molecular formula is C17H25N3O. The van der Waals surface area contributed by atoms with E-state index in [1.807, 2.05) is 6.20 Å². The van der Waals surface area contributed by atoms with Crippen molar-refractivity contribution in [2.24, 2.45) is 5.92 Å². The van der Waals surface area contributed by atoms with Crippen molar-refractivity contribution in [2.45, 2.75) is 20.4 Å². The number of methoxy groups -OCH3 is 1. The fraction of sp³-hybridized carbons (Fsp3) is 0.471. The first kappa shape index (κ1) is 15.7. The number of fused-ring (bicyclic) bond motifs is 1. The molecule has 1 aromatic carbocycles. The summed E-state index contributed by atoms with van der Waals surface area (Å²) in [5.74, 6) is 1.58. The lowest BCUT2D eigenvalue weighted by atomic mass is 10.1. The van der Waals surface area contributed by atoms with Crippen LogP contribution in [0.3, 0.4) is 0 Å². The standard InChI is InChI=1S/C17H25N3O/c1-13(2)10-18-11-14-12-20-17(19-8-9-21-3)16-7-5-4-6-15(14)16/h4-7,12-13,18H,8-11H2,1-3H3,(H,19,20). The number of benzene rings is 1. The van der Waals surface area contributed by atoms with E-state index < -0.39 is 0 Å². The van der Waals surface area contributed by atoms with Gasteiger partial charge in [-0.2, -0.15) is 0 Å². The molecule has 0 aliphatic rings. The highest BCUT2D eigenvalue weighted by molar-refractivity contribution is 5.93. The molecule has 0 unspecified atom stereocenters. The second-order valence-electron chi connectivity index (χ2n) is 5.62. The molecule has 0 spiro atoms. The van der Waals surface area contributed by atoms with E-state index in [-0.39, 0.29) is 0 Å². The molecule has 1 aromatic heterocycles. The minimum atomic E-state index is 0.652. The van der Waals surface area contributed by atoms with Gasteiger partial charge in [0, 0.05) is 31.8 Å². The number of nitrogens with one attached hydrogen (secondary N) is 2. The Morgan fingerprint density at radius 2 is 1.95 bits per heavy atom. The van der Waals surface area contributed by atoms with Crippen LogP contribution in [0.25, 0.3) is 10.8 Å². The molecule has 0 amide bonds. The molecule has 0 aliphatic heterocycles. The highest BCUT2D eigenvalue weighted by atomic mass is 16.5. The topological polar surface area (TPSA) is 46.2 Å². The number of hydrogen-bond donors (Lipinski definition) is 2. The Hall–Kier alpha value is -1.65. The fourth-order valence-electron chi connectivity index (χ4n) is 2.30. The second kappa shape index (κ2) is 7.96. The van der Waals surface area contributed by atoms with Crippen LogP contribution in [0.5, 0.6) is 0 Å². The van der Waals surface area contributed by atoms with Crippen LogP contribution in [-0.4, -0.2) is 31.8 Å².